The minimum absolute atomic E-state index is 0.422. The van der Waals surface area contributed by atoms with Gasteiger partial charge in [-0.05, 0) is 6.07 Å². The number of nitrogens with zero attached hydrogens (tertiary/aromatic N) is 1. The van der Waals surface area contributed by atoms with E-state index in [9.17, 15) is 19.7 Å². The molecule has 0 amide bonds. The van der Waals surface area contributed by atoms with E-state index in [4.69, 9.17) is 5.11 Å². The fourth-order valence-corrected chi connectivity index (χ4v) is 0.978. The van der Waals surface area contributed by atoms with E-state index < -0.39 is 27.7 Å². The number of aromatic carboxylic acids is 1. The Morgan fingerprint density at radius 2 is 2.14 bits per heavy atom. The lowest BCUT2D eigenvalue weighted by Crippen LogP contribution is -2.05. The lowest BCUT2D eigenvalue weighted by atomic mass is 10.1. The molecule has 1 rings (SSSR count). The summed E-state index contributed by atoms with van der Waals surface area (Å²) in [5, 5.41) is 19.0. The maximum absolute atomic E-state index is 10.6. The van der Waals surface area contributed by atoms with Crippen LogP contribution in [-0.2, 0) is 4.79 Å². The second-order valence-electron chi connectivity index (χ2n) is 2.36. The zero-order valence-corrected chi connectivity index (χ0v) is 6.76. The first-order chi connectivity index (χ1) is 6.57. The zero-order chi connectivity index (χ0) is 10.7. The Morgan fingerprint density at radius 1 is 1.50 bits per heavy atom. The molecule has 0 bridgehead atoms. The number of carboxylic acids is 1. The van der Waals surface area contributed by atoms with Crippen molar-refractivity contribution in [1.82, 2.24) is 0 Å². The molecule has 1 aromatic rings. The normalized spacial score (nSPS) is 9.43. The first kappa shape index (κ1) is 9.85. The molecule has 6 nitrogen and oxygen atoms in total. The Kier molecular flexibility index (Phi) is 2.57. The van der Waals surface area contributed by atoms with Gasteiger partial charge in [-0.25, -0.2) is 4.79 Å². The lowest BCUT2D eigenvalue weighted by molar-refractivity contribution is -0.385. The molecule has 1 aromatic carbocycles. The molecule has 0 fully saturated rings. The second-order valence-corrected chi connectivity index (χ2v) is 2.36. The van der Waals surface area contributed by atoms with Gasteiger partial charge in [-0.2, -0.15) is 0 Å². The largest absolute Gasteiger partial charge is 0.478 e. The van der Waals surface area contributed by atoms with Crippen molar-refractivity contribution < 1.29 is 19.6 Å². The summed E-state index contributed by atoms with van der Waals surface area (Å²) in [6, 6.07) is 3.35. The maximum atomic E-state index is 10.6. The minimum Gasteiger partial charge on any atom is -0.478 e. The first-order valence-corrected chi connectivity index (χ1v) is 3.46. The van der Waals surface area contributed by atoms with Crippen LogP contribution in [0.1, 0.15) is 15.9 Å². The van der Waals surface area contributed by atoms with E-state index in [0.29, 0.717) is 0 Å². The molecule has 0 spiro atoms. The summed E-state index contributed by atoms with van der Waals surface area (Å²) in [6.07, 6.45) is 1.25. The van der Waals surface area contributed by atoms with E-state index in [1.165, 1.54) is 12.4 Å². The van der Waals surface area contributed by atoms with Crippen molar-refractivity contribution in [3.63, 3.8) is 0 Å². The van der Waals surface area contributed by atoms with Crippen LogP contribution in [0, 0.1) is 10.1 Å². The van der Waals surface area contributed by atoms with E-state index in [1.807, 2.05) is 0 Å². The van der Waals surface area contributed by atoms with E-state index in [1.54, 1.807) is 0 Å². The Hall–Kier alpha value is -2.24. The Balaban J connectivity index is 3.47. The summed E-state index contributed by atoms with van der Waals surface area (Å²) in [7, 11) is 0. The van der Waals surface area contributed by atoms with Gasteiger partial charge in [0.15, 0.2) is 0 Å². The topological polar surface area (TPSA) is 97.5 Å². The average Bonchev–Trinajstić information content (AvgIpc) is 2.16. The second kappa shape index (κ2) is 3.65. The smallest absolute Gasteiger partial charge is 0.336 e. The van der Waals surface area contributed by atoms with Crippen LogP contribution in [0.15, 0.2) is 18.2 Å². The molecule has 0 unspecified atom stereocenters. The van der Waals surface area contributed by atoms with Crippen LogP contribution in [0.5, 0.6) is 0 Å². The van der Waals surface area contributed by atoms with Crippen molar-refractivity contribution in [1.29, 1.82) is 0 Å². The summed E-state index contributed by atoms with van der Waals surface area (Å²) in [6.45, 7) is 0. The molecule has 1 N–H and O–H groups in total. The number of carbonyl (C=O) groups excluding carboxylic acids is 1. The van der Waals surface area contributed by atoms with Gasteiger partial charge in [-0.1, -0.05) is 6.07 Å². The third-order valence-electron chi connectivity index (χ3n) is 1.57. The van der Waals surface area contributed by atoms with Crippen molar-refractivity contribution in [3.05, 3.63) is 39.4 Å². The molecule has 0 aliphatic rings. The summed E-state index contributed by atoms with van der Waals surface area (Å²) in [5.74, 6) is -1.40. The predicted octanol–water partition coefficient (Wildman–Crippen LogP) is 0.751. The van der Waals surface area contributed by atoms with Crippen molar-refractivity contribution >= 4 is 17.9 Å². The van der Waals surface area contributed by atoms with Crippen LogP contribution in [0.25, 0.3) is 0 Å². The Bertz CT molecular complexity index is 380. The van der Waals surface area contributed by atoms with Crippen LogP contribution < -0.4 is 0 Å². The molecular weight excluding hydrogens is 190 g/mol. The standard InChI is InChI=1S/C8H4NO5/c10-4-6-5(8(11)12)2-1-3-7(6)9(13)14/h1-3H,(H,11,12). The van der Waals surface area contributed by atoms with Crippen LogP contribution in [0.3, 0.4) is 0 Å². The van der Waals surface area contributed by atoms with Crippen molar-refractivity contribution in [2.24, 2.45) is 0 Å². The van der Waals surface area contributed by atoms with Gasteiger partial charge in [0.1, 0.15) is 5.56 Å². The first-order valence-electron chi connectivity index (χ1n) is 3.46. The Morgan fingerprint density at radius 3 is 2.57 bits per heavy atom. The summed E-state index contributed by atoms with van der Waals surface area (Å²) in [4.78, 5) is 30.5. The van der Waals surface area contributed by atoms with E-state index in [2.05, 4.69) is 0 Å². The number of rotatable bonds is 3. The number of nitro groups is 1. The summed E-state index contributed by atoms with van der Waals surface area (Å²) in [5.41, 5.74) is -1.51. The number of hydrogen-bond acceptors (Lipinski definition) is 4. The Labute approximate surface area is 77.9 Å². The lowest BCUT2D eigenvalue weighted by Gasteiger charge is -1.98. The molecule has 0 saturated carbocycles. The fourth-order valence-electron chi connectivity index (χ4n) is 0.978. The van der Waals surface area contributed by atoms with Gasteiger partial charge >= 0.3 is 5.97 Å². The number of carboxylic acid groups (broad SMARTS) is 1. The number of benzene rings is 1. The van der Waals surface area contributed by atoms with E-state index >= 15 is 0 Å². The molecule has 0 aliphatic carbocycles. The van der Waals surface area contributed by atoms with Crippen LogP contribution in [-0.4, -0.2) is 22.3 Å². The number of nitro benzene ring substituents is 1. The third-order valence-corrected chi connectivity index (χ3v) is 1.57. The number of carbonyl (C=O) groups is 1. The van der Waals surface area contributed by atoms with Gasteiger partial charge in [-0.3, -0.25) is 14.9 Å². The number of hydrogen-bond donors (Lipinski definition) is 1. The highest BCUT2D eigenvalue weighted by Gasteiger charge is 2.20. The molecule has 71 valence electrons. The maximum Gasteiger partial charge on any atom is 0.336 e. The van der Waals surface area contributed by atoms with Crippen LogP contribution in [0.2, 0.25) is 0 Å². The van der Waals surface area contributed by atoms with E-state index in [-0.39, 0.29) is 0 Å². The van der Waals surface area contributed by atoms with Crippen molar-refractivity contribution in [2.75, 3.05) is 0 Å². The average molecular weight is 194 g/mol. The molecule has 0 atom stereocenters. The van der Waals surface area contributed by atoms with Crippen LogP contribution in [0.4, 0.5) is 5.69 Å². The minimum atomic E-state index is -1.40. The quantitative estimate of drug-likeness (QED) is 0.565. The van der Waals surface area contributed by atoms with Gasteiger partial charge < -0.3 is 5.11 Å². The van der Waals surface area contributed by atoms with Gasteiger partial charge in [-0.15, -0.1) is 0 Å². The molecule has 0 aromatic heterocycles. The van der Waals surface area contributed by atoms with Gasteiger partial charge in [0.25, 0.3) is 5.69 Å². The van der Waals surface area contributed by atoms with E-state index in [0.717, 1.165) is 12.1 Å². The fraction of sp³-hybridized carbons (Fsp3) is 0. The predicted molar refractivity (Wildman–Crippen MR) is 44.9 cm³/mol. The van der Waals surface area contributed by atoms with Gasteiger partial charge in [0.2, 0.25) is 6.29 Å². The summed E-state index contributed by atoms with van der Waals surface area (Å²) < 4.78 is 0. The molecule has 14 heavy (non-hydrogen) atoms. The zero-order valence-electron chi connectivity index (χ0n) is 6.76. The highest BCUT2D eigenvalue weighted by Crippen LogP contribution is 2.19. The monoisotopic (exact) mass is 194 g/mol. The highest BCUT2D eigenvalue weighted by atomic mass is 16.6. The molecule has 1 radical (unpaired) electrons. The third kappa shape index (κ3) is 1.58. The van der Waals surface area contributed by atoms with Gasteiger partial charge in [0, 0.05) is 6.07 Å². The molecule has 6 heteroatoms. The molecule has 0 heterocycles. The van der Waals surface area contributed by atoms with Crippen molar-refractivity contribution in [2.45, 2.75) is 0 Å². The summed E-state index contributed by atoms with van der Waals surface area (Å²) >= 11 is 0. The van der Waals surface area contributed by atoms with Crippen LogP contribution >= 0.6 is 0 Å². The highest BCUT2D eigenvalue weighted by molar-refractivity contribution is 5.99. The molecular formula is C8H4NO5. The SMILES string of the molecule is O=[C]c1c(C(=O)O)cccc1[N+](=O)[O-]. The molecule has 0 aliphatic heterocycles. The van der Waals surface area contributed by atoms with Crippen molar-refractivity contribution in [3.8, 4) is 0 Å². The molecule has 0 saturated heterocycles. The van der Waals surface area contributed by atoms with Gasteiger partial charge in [0.05, 0.1) is 10.5 Å².